The Hall–Kier alpha value is -3.47. The largest absolute Gasteiger partial charge is 0.497 e. The second-order valence-corrected chi connectivity index (χ2v) is 6.72. The molecule has 29 heavy (non-hydrogen) atoms. The molecule has 0 aliphatic rings. The number of rotatable bonds is 8. The third kappa shape index (κ3) is 4.35. The molecule has 1 aromatic heterocycles. The third-order valence-corrected chi connectivity index (χ3v) is 4.88. The van der Waals surface area contributed by atoms with E-state index in [0.29, 0.717) is 13.2 Å². The van der Waals surface area contributed by atoms with Gasteiger partial charge >= 0.3 is 0 Å². The second kappa shape index (κ2) is 8.69. The van der Waals surface area contributed by atoms with E-state index in [4.69, 9.17) is 19.2 Å². The number of para-hydroxylation sites is 2. The molecule has 0 amide bonds. The van der Waals surface area contributed by atoms with Crippen molar-refractivity contribution in [3.63, 3.8) is 0 Å². The van der Waals surface area contributed by atoms with Crippen molar-refractivity contribution in [1.82, 2.24) is 9.55 Å². The predicted octanol–water partition coefficient (Wildman–Crippen LogP) is 4.72. The molecule has 5 heteroatoms. The van der Waals surface area contributed by atoms with Crippen LogP contribution in [0.1, 0.15) is 11.4 Å². The lowest BCUT2D eigenvalue weighted by molar-refractivity contribution is 0.296. The summed E-state index contributed by atoms with van der Waals surface area (Å²) >= 11 is 0. The Labute approximate surface area is 170 Å². The number of hydrogen-bond acceptors (Lipinski definition) is 4. The van der Waals surface area contributed by atoms with Crippen molar-refractivity contribution in [2.24, 2.45) is 0 Å². The summed E-state index contributed by atoms with van der Waals surface area (Å²) in [5.41, 5.74) is 3.30. The van der Waals surface area contributed by atoms with E-state index in [2.05, 4.69) is 22.8 Å². The van der Waals surface area contributed by atoms with Crippen molar-refractivity contribution < 1.29 is 14.2 Å². The summed E-state index contributed by atoms with van der Waals surface area (Å²) in [7, 11) is 3.33. The van der Waals surface area contributed by atoms with Crippen LogP contribution in [-0.4, -0.2) is 30.4 Å². The summed E-state index contributed by atoms with van der Waals surface area (Å²) in [5, 5.41) is 0. The van der Waals surface area contributed by atoms with Crippen LogP contribution in [-0.2, 0) is 13.0 Å². The highest BCUT2D eigenvalue weighted by Gasteiger charge is 2.11. The molecule has 0 saturated heterocycles. The van der Waals surface area contributed by atoms with Crippen LogP contribution in [0.15, 0.2) is 72.8 Å². The van der Waals surface area contributed by atoms with Crippen LogP contribution >= 0.6 is 0 Å². The fraction of sp³-hybridized carbons (Fsp3) is 0.208. The molecule has 148 valence electrons. The first kappa shape index (κ1) is 18.9. The van der Waals surface area contributed by atoms with Gasteiger partial charge in [0.2, 0.25) is 0 Å². The Kier molecular flexibility index (Phi) is 5.66. The van der Waals surface area contributed by atoms with E-state index >= 15 is 0 Å². The topological polar surface area (TPSA) is 45.5 Å². The summed E-state index contributed by atoms with van der Waals surface area (Å²) in [4.78, 5) is 4.86. The zero-order chi connectivity index (χ0) is 20.1. The van der Waals surface area contributed by atoms with E-state index in [1.54, 1.807) is 14.2 Å². The molecule has 0 aliphatic carbocycles. The maximum Gasteiger partial charge on any atom is 0.123 e. The summed E-state index contributed by atoms with van der Waals surface area (Å²) in [6.07, 6.45) is 0.748. The van der Waals surface area contributed by atoms with E-state index < -0.39 is 0 Å². The van der Waals surface area contributed by atoms with E-state index in [-0.39, 0.29) is 0 Å². The molecule has 0 unspecified atom stereocenters. The van der Waals surface area contributed by atoms with Gasteiger partial charge in [0.25, 0.3) is 0 Å². The van der Waals surface area contributed by atoms with Crippen molar-refractivity contribution in [3.8, 4) is 17.2 Å². The maximum absolute atomic E-state index is 5.96. The number of ether oxygens (including phenoxy) is 3. The quantitative estimate of drug-likeness (QED) is 0.438. The van der Waals surface area contributed by atoms with Crippen LogP contribution in [0.2, 0.25) is 0 Å². The molecule has 0 N–H and O–H groups in total. The van der Waals surface area contributed by atoms with Crippen LogP contribution < -0.4 is 14.2 Å². The summed E-state index contributed by atoms with van der Waals surface area (Å²) in [6, 6.07) is 24.0. The summed E-state index contributed by atoms with van der Waals surface area (Å²) < 4.78 is 18.7. The van der Waals surface area contributed by atoms with E-state index in [9.17, 15) is 0 Å². The number of hydrogen-bond donors (Lipinski definition) is 0. The molecular weight excluding hydrogens is 364 g/mol. The minimum atomic E-state index is 0.545. The average molecular weight is 388 g/mol. The predicted molar refractivity (Wildman–Crippen MR) is 114 cm³/mol. The fourth-order valence-electron chi connectivity index (χ4n) is 3.38. The molecule has 3 aromatic carbocycles. The Balaban J connectivity index is 1.54. The average Bonchev–Trinajstić information content (AvgIpc) is 3.11. The van der Waals surface area contributed by atoms with Gasteiger partial charge in [-0.2, -0.15) is 0 Å². The molecule has 0 fully saturated rings. The van der Waals surface area contributed by atoms with Crippen molar-refractivity contribution in [1.29, 1.82) is 0 Å². The lowest BCUT2D eigenvalue weighted by atomic mass is 10.1. The van der Waals surface area contributed by atoms with Crippen molar-refractivity contribution in [2.45, 2.75) is 13.0 Å². The molecule has 0 atom stereocenters. The molecule has 0 radical (unpaired) electrons. The van der Waals surface area contributed by atoms with Crippen LogP contribution in [0, 0.1) is 0 Å². The highest BCUT2D eigenvalue weighted by atomic mass is 16.5. The van der Waals surface area contributed by atoms with Gasteiger partial charge in [0.05, 0.1) is 31.8 Å². The number of aromatic nitrogens is 2. The Morgan fingerprint density at radius 1 is 0.793 bits per heavy atom. The van der Waals surface area contributed by atoms with Crippen LogP contribution in [0.4, 0.5) is 0 Å². The van der Waals surface area contributed by atoms with Gasteiger partial charge in [-0.3, -0.25) is 0 Å². The molecule has 1 heterocycles. The monoisotopic (exact) mass is 388 g/mol. The SMILES string of the molecule is COc1ccc(Cc2nc3ccccc3n2CCOc2cccc(OC)c2)cc1. The van der Waals surface area contributed by atoms with Crippen LogP contribution in [0.3, 0.4) is 0 Å². The Bertz CT molecular complexity index is 1090. The van der Waals surface area contributed by atoms with Gasteiger partial charge in [-0.25, -0.2) is 4.98 Å². The molecule has 4 rings (SSSR count). The number of nitrogens with zero attached hydrogens (tertiary/aromatic N) is 2. The molecule has 4 aromatic rings. The van der Waals surface area contributed by atoms with Gasteiger partial charge in [0.15, 0.2) is 0 Å². The standard InChI is InChI=1S/C24H24N2O3/c1-27-19-12-10-18(11-13-19)16-24-25-22-8-3-4-9-23(22)26(24)14-15-29-21-7-5-6-20(17-21)28-2/h3-13,17H,14-16H2,1-2H3. The van der Waals surface area contributed by atoms with E-state index in [1.807, 2.05) is 54.6 Å². The number of imidazole rings is 1. The van der Waals surface area contributed by atoms with E-state index in [0.717, 1.165) is 40.5 Å². The first-order chi connectivity index (χ1) is 14.3. The van der Waals surface area contributed by atoms with Gasteiger partial charge in [-0.05, 0) is 42.0 Å². The van der Waals surface area contributed by atoms with Crippen LogP contribution in [0.25, 0.3) is 11.0 Å². The second-order valence-electron chi connectivity index (χ2n) is 6.72. The van der Waals surface area contributed by atoms with Crippen molar-refractivity contribution in [2.75, 3.05) is 20.8 Å². The fourth-order valence-corrected chi connectivity index (χ4v) is 3.38. The molecule has 0 saturated carbocycles. The highest BCUT2D eigenvalue weighted by molar-refractivity contribution is 5.76. The van der Waals surface area contributed by atoms with Gasteiger partial charge in [-0.1, -0.05) is 30.3 Å². The first-order valence-corrected chi connectivity index (χ1v) is 9.61. The number of benzene rings is 3. The lowest BCUT2D eigenvalue weighted by Crippen LogP contribution is -2.11. The number of fused-ring (bicyclic) bond motifs is 1. The minimum Gasteiger partial charge on any atom is -0.497 e. The maximum atomic E-state index is 5.96. The summed E-state index contributed by atoms with van der Waals surface area (Å²) in [5.74, 6) is 3.46. The zero-order valence-corrected chi connectivity index (χ0v) is 16.7. The molecule has 0 aliphatic heterocycles. The molecule has 0 spiro atoms. The van der Waals surface area contributed by atoms with Crippen molar-refractivity contribution in [3.05, 3.63) is 84.2 Å². The van der Waals surface area contributed by atoms with Gasteiger partial charge in [-0.15, -0.1) is 0 Å². The van der Waals surface area contributed by atoms with E-state index in [1.165, 1.54) is 5.56 Å². The highest BCUT2D eigenvalue weighted by Crippen LogP contribution is 2.22. The lowest BCUT2D eigenvalue weighted by Gasteiger charge is -2.12. The van der Waals surface area contributed by atoms with Gasteiger partial charge < -0.3 is 18.8 Å². The molecular formula is C24H24N2O3. The van der Waals surface area contributed by atoms with Crippen molar-refractivity contribution >= 4 is 11.0 Å². The normalized spacial score (nSPS) is 10.8. The van der Waals surface area contributed by atoms with Gasteiger partial charge in [0.1, 0.15) is 29.7 Å². The minimum absolute atomic E-state index is 0.545. The molecule has 0 bridgehead atoms. The Morgan fingerprint density at radius 2 is 1.55 bits per heavy atom. The third-order valence-electron chi connectivity index (χ3n) is 4.88. The van der Waals surface area contributed by atoms with Gasteiger partial charge in [0, 0.05) is 12.5 Å². The zero-order valence-electron chi connectivity index (χ0n) is 16.7. The first-order valence-electron chi connectivity index (χ1n) is 9.61. The smallest absolute Gasteiger partial charge is 0.123 e. The van der Waals surface area contributed by atoms with Crippen LogP contribution in [0.5, 0.6) is 17.2 Å². The number of methoxy groups -OCH3 is 2. The Morgan fingerprint density at radius 3 is 2.34 bits per heavy atom. The summed E-state index contributed by atoms with van der Waals surface area (Å²) in [6.45, 7) is 1.26. The molecule has 5 nitrogen and oxygen atoms in total.